The molecule has 0 aromatic rings. The van der Waals surface area contributed by atoms with Crippen LogP contribution in [0.15, 0.2) is 23.8 Å². The third kappa shape index (κ3) is 3.99. The summed E-state index contributed by atoms with van der Waals surface area (Å²) in [6, 6.07) is 0. The third-order valence-electron chi connectivity index (χ3n) is 5.15. The molecule has 2 aliphatic heterocycles. The van der Waals surface area contributed by atoms with Crippen LogP contribution in [0.3, 0.4) is 0 Å². The largest absolute Gasteiger partial charge is 0.431 e. The second-order valence-electron chi connectivity index (χ2n) is 7.70. The van der Waals surface area contributed by atoms with Crippen LogP contribution in [0.5, 0.6) is 0 Å². The molecule has 0 N–H and O–H groups in total. The summed E-state index contributed by atoms with van der Waals surface area (Å²) in [5.74, 6) is 0. The molecule has 0 aromatic heterocycles. The number of nitrogens with zero attached hydrogens (tertiary/aromatic N) is 1. The average molecular weight is 342 g/mol. The highest BCUT2D eigenvalue weighted by Gasteiger charge is 2.44. The maximum atomic E-state index is 6.82. The van der Waals surface area contributed by atoms with E-state index in [4.69, 9.17) is 20.9 Å². The van der Waals surface area contributed by atoms with E-state index < -0.39 is 8.24 Å². The zero-order valence-electron chi connectivity index (χ0n) is 14.6. The summed E-state index contributed by atoms with van der Waals surface area (Å²) in [4.78, 5) is 0. The van der Waals surface area contributed by atoms with Crippen molar-refractivity contribution >= 4 is 26.0 Å². The first-order valence-corrected chi connectivity index (χ1v) is 11.6. The average Bonchev–Trinajstić information content (AvgIpc) is 2.46. The maximum absolute atomic E-state index is 6.82. The molecule has 0 radical (unpaired) electrons. The van der Waals surface area contributed by atoms with Gasteiger partial charge in [0.25, 0.3) is 0 Å². The second kappa shape index (κ2) is 7.12. The topological polar surface area (TPSA) is 21.7 Å². The molecule has 0 unspecified atom stereocenters. The predicted molar refractivity (Wildman–Crippen MR) is 97.4 cm³/mol. The molecule has 1 saturated heterocycles. The van der Waals surface area contributed by atoms with Crippen molar-refractivity contribution in [3.63, 3.8) is 0 Å². The van der Waals surface area contributed by atoms with Gasteiger partial charge in [0, 0.05) is 6.42 Å². The van der Waals surface area contributed by atoms with Crippen molar-refractivity contribution in [3.8, 4) is 0 Å². The lowest BCUT2D eigenvalue weighted by Crippen LogP contribution is -2.58. The molecule has 0 atom stereocenters. The Morgan fingerprint density at radius 1 is 1.32 bits per heavy atom. The van der Waals surface area contributed by atoms with E-state index in [1.54, 1.807) is 0 Å². The fraction of sp³-hybridized carbons (Fsp3) is 0.750. The lowest BCUT2D eigenvalue weighted by atomic mass is 9.75. The summed E-state index contributed by atoms with van der Waals surface area (Å²) >= 11 is 6.82. The van der Waals surface area contributed by atoms with Crippen LogP contribution in [0.1, 0.15) is 40.0 Å². The van der Waals surface area contributed by atoms with Crippen molar-refractivity contribution in [3.05, 3.63) is 23.8 Å². The first kappa shape index (κ1) is 18.1. The molecule has 6 heteroatoms. The third-order valence-corrected chi connectivity index (χ3v) is 11.2. The Balaban J connectivity index is 1.99. The van der Waals surface area contributed by atoms with Crippen LogP contribution in [0, 0.1) is 0 Å². The van der Waals surface area contributed by atoms with E-state index >= 15 is 0 Å². The maximum Gasteiger partial charge on any atom is 0.382 e. The summed E-state index contributed by atoms with van der Waals surface area (Å²) < 4.78 is 13.7. The first-order valence-electron chi connectivity index (χ1n) is 8.26. The smallest absolute Gasteiger partial charge is 0.382 e. The molecule has 0 spiro atoms. The minimum Gasteiger partial charge on any atom is -0.431 e. The lowest BCUT2D eigenvalue weighted by Gasteiger charge is -2.48. The molecule has 0 aromatic carbocycles. The van der Waals surface area contributed by atoms with Gasteiger partial charge < -0.3 is 14.0 Å². The van der Waals surface area contributed by atoms with Gasteiger partial charge in [-0.2, -0.15) is 11.5 Å². The Kier molecular flexibility index (Phi) is 5.86. The van der Waals surface area contributed by atoms with Crippen molar-refractivity contribution in [2.24, 2.45) is 0 Å². The van der Waals surface area contributed by atoms with Gasteiger partial charge in [0.05, 0.1) is 13.2 Å². The van der Waals surface area contributed by atoms with Gasteiger partial charge in [0.1, 0.15) is 8.24 Å². The van der Waals surface area contributed by atoms with Crippen LogP contribution in [0.25, 0.3) is 0 Å². The Labute approximate surface area is 141 Å². The standard InChI is InChI=1S/C16H29BClNO2Si/c1-16(2,3)22(4,5)19-11-6-8-14(17(19)18)9-10-15-20-12-7-13-21-15/h6,8,11,15H,7,9-10,12-13H2,1-5H3. The number of hydrogen-bond acceptors (Lipinski definition) is 3. The number of hydrogen-bond donors (Lipinski definition) is 0. The molecule has 0 aliphatic carbocycles. The molecule has 2 heterocycles. The molecular weight excluding hydrogens is 313 g/mol. The van der Waals surface area contributed by atoms with Crippen molar-refractivity contribution in [1.82, 2.24) is 4.48 Å². The highest BCUT2D eigenvalue weighted by molar-refractivity contribution is 7.14. The van der Waals surface area contributed by atoms with E-state index in [-0.39, 0.29) is 17.6 Å². The van der Waals surface area contributed by atoms with E-state index in [0.717, 1.165) is 32.5 Å². The van der Waals surface area contributed by atoms with E-state index in [0.29, 0.717) is 0 Å². The van der Waals surface area contributed by atoms with E-state index in [1.165, 1.54) is 5.47 Å². The number of ether oxygens (including phenoxy) is 2. The van der Waals surface area contributed by atoms with Crippen molar-refractivity contribution in [2.45, 2.75) is 64.5 Å². The minimum atomic E-state index is -1.67. The first-order chi connectivity index (χ1) is 10.2. The molecule has 2 rings (SSSR count). The number of allylic oxidation sites excluding steroid dienone is 3. The highest BCUT2D eigenvalue weighted by atomic mass is 35.5. The lowest BCUT2D eigenvalue weighted by molar-refractivity contribution is -0.180. The van der Waals surface area contributed by atoms with Crippen LogP contribution in [0.2, 0.25) is 18.1 Å². The molecule has 2 aliphatic rings. The highest BCUT2D eigenvalue weighted by Crippen LogP contribution is 2.41. The monoisotopic (exact) mass is 341 g/mol. The van der Waals surface area contributed by atoms with E-state index in [1.807, 2.05) is 0 Å². The summed E-state index contributed by atoms with van der Waals surface area (Å²) in [6.45, 7) is 13.4. The van der Waals surface area contributed by atoms with Gasteiger partial charge in [-0.25, -0.2) is 0 Å². The zero-order valence-corrected chi connectivity index (χ0v) is 16.3. The Bertz CT molecular complexity index is 442. The molecule has 3 nitrogen and oxygen atoms in total. The SMILES string of the molecule is CC(C)(C)[Si](C)(C)N1C=CC=C(CCC2OCCCO2)B1Cl. The van der Waals surface area contributed by atoms with Gasteiger partial charge in [-0.15, -0.1) is 0 Å². The van der Waals surface area contributed by atoms with Gasteiger partial charge >= 0.3 is 6.26 Å². The van der Waals surface area contributed by atoms with Crippen LogP contribution in [0.4, 0.5) is 0 Å². The summed E-state index contributed by atoms with van der Waals surface area (Å²) in [7, 11) is -1.67. The molecule has 1 fully saturated rings. The van der Waals surface area contributed by atoms with Crippen molar-refractivity contribution in [2.75, 3.05) is 13.2 Å². The van der Waals surface area contributed by atoms with Crippen LogP contribution < -0.4 is 0 Å². The molecule has 0 bridgehead atoms. The van der Waals surface area contributed by atoms with Gasteiger partial charge in [0.2, 0.25) is 0 Å². The number of halogens is 1. The van der Waals surface area contributed by atoms with Crippen molar-refractivity contribution in [1.29, 1.82) is 0 Å². The van der Waals surface area contributed by atoms with Gasteiger partial charge in [-0.05, 0) is 30.2 Å². The molecular formula is C16H29BClNO2Si. The summed E-state index contributed by atoms with van der Waals surface area (Å²) in [6.07, 6.45) is 9.16. The number of rotatable bonds is 4. The van der Waals surface area contributed by atoms with Crippen LogP contribution in [-0.2, 0) is 9.47 Å². The van der Waals surface area contributed by atoms with E-state index in [9.17, 15) is 0 Å². The quantitative estimate of drug-likeness (QED) is 0.700. The van der Waals surface area contributed by atoms with Gasteiger partial charge in [0.15, 0.2) is 6.29 Å². The summed E-state index contributed by atoms with van der Waals surface area (Å²) in [5, 5.41) is 0.266. The molecule has 0 amide bonds. The fourth-order valence-electron chi connectivity index (χ4n) is 2.64. The second-order valence-corrected chi connectivity index (χ2v) is 13.2. The summed E-state index contributed by atoms with van der Waals surface area (Å²) in [5.41, 5.74) is 1.27. The van der Waals surface area contributed by atoms with Crippen molar-refractivity contribution < 1.29 is 9.47 Å². The Morgan fingerprint density at radius 2 is 1.95 bits per heavy atom. The fourth-order valence-corrected chi connectivity index (χ4v) is 5.58. The Morgan fingerprint density at radius 3 is 2.55 bits per heavy atom. The normalized spacial score (nSPS) is 21.3. The zero-order chi connectivity index (χ0) is 16.4. The van der Waals surface area contributed by atoms with E-state index in [2.05, 4.69) is 56.7 Å². The molecule has 22 heavy (non-hydrogen) atoms. The predicted octanol–water partition coefficient (Wildman–Crippen LogP) is 4.56. The molecule has 0 saturated carbocycles. The van der Waals surface area contributed by atoms with Gasteiger partial charge in [-0.1, -0.05) is 45.4 Å². The minimum absolute atomic E-state index is 0.0468. The van der Waals surface area contributed by atoms with Gasteiger partial charge in [-0.3, -0.25) is 0 Å². The molecule has 124 valence electrons. The Hall–Kier alpha value is -0.228. The van der Waals surface area contributed by atoms with Crippen LogP contribution in [-0.4, -0.2) is 38.5 Å². The van der Waals surface area contributed by atoms with Crippen LogP contribution >= 0.6 is 11.5 Å².